The third kappa shape index (κ3) is 4.82. The molecule has 1 aliphatic rings. The topological polar surface area (TPSA) is 62.2 Å². The van der Waals surface area contributed by atoms with Crippen molar-refractivity contribution in [2.75, 3.05) is 25.0 Å². The predicted molar refractivity (Wildman–Crippen MR) is 120 cm³/mol. The Balaban J connectivity index is 1.31. The monoisotopic (exact) mass is 403 g/mol. The zero-order chi connectivity index (χ0) is 20.8. The van der Waals surface area contributed by atoms with Gasteiger partial charge in [-0.3, -0.25) is 4.68 Å². The number of amides is 2. The molecule has 0 spiro atoms. The highest BCUT2D eigenvalue weighted by atomic mass is 16.2. The fourth-order valence-electron chi connectivity index (χ4n) is 4.02. The standard InChI is InChI=1S/C24H29N5O/c1-28(20-11-6-3-7-12-20)16-15-25-24(30)27-22-13-8-14-23-21(22)17-26-29(23)18-19-9-4-2-5-10-19/h2-7,9-12,17,22H,8,13-16,18H2,1H3,(H2,25,27,30). The molecule has 3 aromatic rings. The molecule has 1 aliphatic carbocycles. The first-order chi connectivity index (χ1) is 14.7. The number of para-hydroxylation sites is 1. The lowest BCUT2D eigenvalue weighted by Crippen LogP contribution is -2.42. The maximum Gasteiger partial charge on any atom is 0.315 e. The summed E-state index contributed by atoms with van der Waals surface area (Å²) in [6.45, 7) is 2.10. The van der Waals surface area contributed by atoms with E-state index in [1.165, 1.54) is 11.3 Å². The number of nitrogens with one attached hydrogen (secondary N) is 2. The fraction of sp³-hybridized carbons (Fsp3) is 0.333. The summed E-state index contributed by atoms with van der Waals surface area (Å²) >= 11 is 0. The fourth-order valence-corrected chi connectivity index (χ4v) is 4.02. The third-order valence-corrected chi connectivity index (χ3v) is 5.67. The number of aromatic nitrogens is 2. The van der Waals surface area contributed by atoms with Crippen LogP contribution in [0.25, 0.3) is 0 Å². The summed E-state index contributed by atoms with van der Waals surface area (Å²) in [6, 6.07) is 20.4. The van der Waals surface area contributed by atoms with Gasteiger partial charge in [-0.15, -0.1) is 0 Å². The summed E-state index contributed by atoms with van der Waals surface area (Å²) < 4.78 is 2.07. The first-order valence-electron chi connectivity index (χ1n) is 10.6. The van der Waals surface area contributed by atoms with Gasteiger partial charge in [0.1, 0.15) is 0 Å². The third-order valence-electron chi connectivity index (χ3n) is 5.67. The van der Waals surface area contributed by atoms with Crippen molar-refractivity contribution in [1.29, 1.82) is 0 Å². The average Bonchev–Trinajstić information content (AvgIpc) is 3.19. The number of hydrogen-bond donors (Lipinski definition) is 2. The van der Waals surface area contributed by atoms with Crippen LogP contribution < -0.4 is 15.5 Å². The van der Waals surface area contributed by atoms with Crippen molar-refractivity contribution in [3.63, 3.8) is 0 Å². The molecular weight excluding hydrogens is 374 g/mol. The van der Waals surface area contributed by atoms with E-state index in [1.54, 1.807) is 0 Å². The Bertz CT molecular complexity index is 954. The van der Waals surface area contributed by atoms with Gasteiger partial charge in [-0.25, -0.2) is 4.79 Å². The van der Waals surface area contributed by atoms with Crippen molar-refractivity contribution < 1.29 is 4.79 Å². The molecule has 156 valence electrons. The highest BCUT2D eigenvalue weighted by Crippen LogP contribution is 2.29. The van der Waals surface area contributed by atoms with Crippen molar-refractivity contribution in [3.05, 3.63) is 83.7 Å². The number of fused-ring (bicyclic) bond motifs is 1. The normalized spacial score (nSPS) is 15.3. The van der Waals surface area contributed by atoms with Gasteiger partial charge in [-0.2, -0.15) is 5.10 Å². The Labute approximate surface area is 177 Å². The summed E-state index contributed by atoms with van der Waals surface area (Å²) in [4.78, 5) is 14.6. The van der Waals surface area contributed by atoms with Gasteiger partial charge in [0.05, 0.1) is 18.8 Å². The molecule has 2 aromatic carbocycles. The molecule has 0 aliphatic heterocycles. The van der Waals surface area contributed by atoms with Crippen molar-refractivity contribution >= 4 is 11.7 Å². The van der Waals surface area contributed by atoms with Gasteiger partial charge in [-0.1, -0.05) is 48.5 Å². The lowest BCUT2D eigenvalue weighted by molar-refractivity contribution is 0.235. The number of rotatable bonds is 7. The van der Waals surface area contributed by atoms with Crippen molar-refractivity contribution in [2.24, 2.45) is 0 Å². The van der Waals surface area contributed by atoms with Crippen LogP contribution in [0.1, 0.15) is 35.7 Å². The molecule has 1 atom stereocenters. The van der Waals surface area contributed by atoms with Gasteiger partial charge < -0.3 is 15.5 Å². The molecule has 2 amide bonds. The minimum atomic E-state index is -0.120. The number of anilines is 1. The molecule has 2 N–H and O–H groups in total. The van der Waals surface area contributed by atoms with Gasteiger partial charge in [0.2, 0.25) is 0 Å². The molecule has 0 saturated carbocycles. The van der Waals surface area contributed by atoms with Gasteiger partial charge >= 0.3 is 6.03 Å². The SMILES string of the molecule is CN(CCNC(=O)NC1CCCc2c1cnn2Cc1ccccc1)c1ccccc1. The number of carbonyl (C=O) groups excluding carboxylic acids is 1. The summed E-state index contributed by atoms with van der Waals surface area (Å²) in [5.41, 5.74) is 4.76. The zero-order valence-corrected chi connectivity index (χ0v) is 17.4. The van der Waals surface area contributed by atoms with Crippen LogP contribution in [-0.2, 0) is 13.0 Å². The summed E-state index contributed by atoms with van der Waals surface area (Å²) in [7, 11) is 2.03. The number of carbonyl (C=O) groups is 1. The van der Waals surface area contributed by atoms with E-state index < -0.39 is 0 Å². The molecule has 1 aromatic heterocycles. The molecule has 1 heterocycles. The van der Waals surface area contributed by atoms with E-state index in [-0.39, 0.29) is 12.1 Å². The van der Waals surface area contributed by atoms with Crippen LogP contribution in [0.2, 0.25) is 0 Å². The van der Waals surface area contributed by atoms with E-state index in [0.717, 1.165) is 43.6 Å². The zero-order valence-electron chi connectivity index (χ0n) is 17.4. The van der Waals surface area contributed by atoms with Gasteiger partial charge in [0.25, 0.3) is 0 Å². The first-order valence-corrected chi connectivity index (χ1v) is 10.6. The maximum absolute atomic E-state index is 12.5. The lowest BCUT2D eigenvalue weighted by atomic mass is 9.93. The highest BCUT2D eigenvalue weighted by Gasteiger charge is 2.25. The van der Waals surface area contributed by atoms with E-state index in [1.807, 2.05) is 37.5 Å². The lowest BCUT2D eigenvalue weighted by Gasteiger charge is -2.25. The number of likely N-dealkylation sites (N-methyl/N-ethyl adjacent to an activating group) is 1. The molecule has 6 heteroatoms. The van der Waals surface area contributed by atoms with Crippen LogP contribution in [-0.4, -0.2) is 35.9 Å². The quantitative estimate of drug-likeness (QED) is 0.632. The van der Waals surface area contributed by atoms with Crippen molar-refractivity contribution in [2.45, 2.75) is 31.8 Å². The number of nitrogens with zero attached hydrogens (tertiary/aromatic N) is 3. The van der Waals surface area contributed by atoms with E-state index in [2.05, 4.69) is 61.7 Å². The Morgan fingerprint density at radius 2 is 1.87 bits per heavy atom. The Morgan fingerprint density at radius 1 is 1.13 bits per heavy atom. The summed E-state index contributed by atoms with van der Waals surface area (Å²) in [5.74, 6) is 0. The second-order valence-electron chi connectivity index (χ2n) is 7.79. The first kappa shape index (κ1) is 20.0. The predicted octanol–water partition coefficient (Wildman–Crippen LogP) is 3.74. The van der Waals surface area contributed by atoms with Crippen LogP contribution in [0, 0.1) is 0 Å². The van der Waals surface area contributed by atoms with Gasteiger partial charge in [0, 0.05) is 37.1 Å². The maximum atomic E-state index is 12.5. The molecule has 0 radical (unpaired) electrons. The number of hydrogen-bond acceptors (Lipinski definition) is 3. The number of benzene rings is 2. The molecule has 0 saturated heterocycles. The molecule has 0 bridgehead atoms. The largest absolute Gasteiger partial charge is 0.373 e. The van der Waals surface area contributed by atoms with E-state index in [4.69, 9.17) is 0 Å². The van der Waals surface area contributed by atoms with E-state index in [0.29, 0.717) is 6.54 Å². The summed E-state index contributed by atoms with van der Waals surface area (Å²) in [6.07, 6.45) is 4.92. The Kier molecular flexibility index (Phi) is 6.32. The van der Waals surface area contributed by atoms with Crippen LogP contribution in [0.5, 0.6) is 0 Å². The van der Waals surface area contributed by atoms with E-state index in [9.17, 15) is 4.79 Å². The van der Waals surface area contributed by atoms with Crippen LogP contribution in [0.3, 0.4) is 0 Å². The second kappa shape index (κ2) is 9.48. The molecule has 4 rings (SSSR count). The molecular formula is C24H29N5O. The summed E-state index contributed by atoms with van der Waals surface area (Å²) in [5, 5.41) is 10.7. The van der Waals surface area contributed by atoms with Crippen LogP contribution in [0.4, 0.5) is 10.5 Å². The molecule has 0 fully saturated rings. The van der Waals surface area contributed by atoms with Crippen molar-refractivity contribution in [1.82, 2.24) is 20.4 Å². The van der Waals surface area contributed by atoms with Gasteiger partial charge in [0.15, 0.2) is 0 Å². The second-order valence-corrected chi connectivity index (χ2v) is 7.79. The van der Waals surface area contributed by atoms with Crippen LogP contribution >= 0.6 is 0 Å². The molecule has 1 unspecified atom stereocenters. The smallest absolute Gasteiger partial charge is 0.315 e. The van der Waals surface area contributed by atoms with Crippen LogP contribution in [0.15, 0.2) is 66.9 Å². The Hall–Kier alpha value is -3.28. The van der Waals surface area contributed by atoms with Gasteiger partial charge in [-0.05, 0) is 37.0 Å². The molecule has 6 nitrogen and oxygen atoms in total. The van der Waals surface area contributed by atoms with E-state index >= 15 is 0 Å². The minimum Gasteiger partial charge on any atom is -0.373 e. The average molecular weight is 404 g/mol. The molecule has 30 heavy (non-hydrogen) atoms. The van der Waals surface area contributed by atoms with Crippen molar-refractivity contribution in [3.8, 4) is 0 Å². The Morgan fingerprint density at radius 3 is 2.63 bits per heavy atom. The number of urea groups is 1. The minimum absolute atomic E-state index is 0.0186. The highest BCUT2D eigenvalue weighted by molar-refractivity contribution is 5.74.